The molecule has 7 nitrogen and oxygen atoms in total. The van der Waals surface area contributed by atoms with Gasteiger partial charge in [-0.1, -0.05) is 0 Å². The van der Waals surface area contributed by atoms with Crippen LogP contribution in [0.3, 0.4) is 0 Å². The van der Waals surface area contributed by atoms with Crippen LogP contribution in [0, 0.1) is 10.1 Å². The van der Waals surface area contributed by atoms with Gasteiger partial charge in [-0.2, -0.15) is 0 Å². The van der Waals surface area contributed by atoms with Crippen LogP contribution in [0.25, 0.3) is 10.9 Å². The van der Waals surface area contributed by atoms with Crippen molar-refractivity contribution in [2.45, 2.75) is 0 Å². The number of rotatable bonds is 2. The summed E-state index contributed by atoms with van der Waals surface area (Å²) in [5.41, 5.74) is -0.00469. The number of hydrogen-bond acceptors (Lipinski definition) is 5. The second-order valence-electron chi connectivity index (χ2n) is 3.11. The molecule has 0 aliphatic heterocycles. The summed E-state index contributed by atoms with van der Waals surface area (Å²) in [4.78, 5) is 24.5. The molecule has 0 spiro atoms. The lowest BCUT2D eigenvalue weighted by Crippen LogP contribution is -2.04. The number of carboxylic acid groups (broad SMARTS) is 1. The zero-order valence-electron chi connectivity index (χ0n) is 8.36. The number of ether oxygens (including phenoxy) is 1. The zero-order chi connectivity index (χ0) is 12.4. The Morgan fingerprint density at radius 2 is 2.18 bits per heavy atom. The molecule has 0 radical (unpaired) electrons. The third-order valence-corrected chi connectivity index (χ3v) is 2.10. The lowest BCUT2D eigenvalue weighted by molar-refractivity contribution is -0.383. The Hall–Kier alpha value is -2.70. The van der Waals surface area contributed by atoms with Gasteiger partial charge in [0.25, 0.3) is 5.69 Å². The number of aromatic nitrogens is 1. The molecule has 0 aliphatic rings. The number of nitro groups is 1. The molecule has 0 fully saturated rings. The van der Waals surface area contributed by atoms with E-state index in [0.717, 1.165) is 0 Å². The Balaban J connectivity index is 2.70. The lowest BCUT2D eigenvalue weighted by atomic mass is 10.1. The van der Waals surface area contributed by atoms with Crippen molar-refractivity contribution in [1.29, 1.82) is 0 Å². The molecule has 2 rings (SSSR count). The molecular formula is C10H6N2O5. The first kappa shape index (κ1) is 10.8. The van der Waals surface area contributed by atoms with E-state index in [1.165, 1.54) is 30.5 Å². The molecular weight excluding hydrogens is 228 g/mol. The van der Waals surface area contributed by atoms with Crippen molar-refractivity contribution in [3.63, 3.8) is 0 Å². The molecule has 86 valence electrons. The quantitative estimate of drug-likeness (QED) is 0.369. The van der Waals surface area contributed by atoms with Gasteiger partial charge in [0, 0.05) is 12.3 Å². The number of nitrogens with zero attached hydrogens (tertiary/aromatic N) is 2. The van der Waals surface area contributed by atoms with E-state index in [2.05, 4.69) is 9.72 Å². The molecule has 1 N–H and O–H groups in total. The van der Waals surface area contributed by atoms with E-state index >= 15 is 0 Å². The van der Waals surface area contributed by atoms with E-state index in [-0.39, 0.29) is 22.3 Å². The summed E-state index contributed by atoms with van der Waals surface area (Å²) < 4.78 is 4.49. The SMILES string of the molecule is O=C(O)Oc1ccc([N+](=O)[O-])c2cccnc12. The Labute approximate surface area is 94.4 Å². The van der Waals surface area contributed by atoms with Crippen LogP contribution in [-0.2, 0) is 0 Å². The lowest BCUT2D eigenvalue weighted by Gasteiger charge is -2.04. The van der Waals surface area contributed by atoms with Gasteiger partial charge in [0.05, 0.1) is 10.3 Å². The molecule has 1 heterocycles. The second-order valence-corrected chi connectivity index (χ2v) is 3.11. The van der Waals surface area contributed by atoms with Crippen LogP contribution >= 0.6 is 0 Å². The van der Waals surface area contributed by atoms with Crippen molar-refractivity contribution in [1.82, 2.24) is 4.98 Å². The van der Waals surface area contributed by atoms with Gasteiger partial charge < -0.3 is 9.84 Å². The van der Waals surface area contributed by atoms with E-state index < -0.39 is 11.1 Å². The van der Waals surface area contributed by atoms with E-state index in [1.54, 1.807) is 0 Å². The van der Waals surface area contributed by atoms with E-state index in [4.69, 9.17) is 5.11 Å². The minimum absolute atomic E-state index is 0.0290. The first-order valence-electron chi connectivity index (χ1n) is 4.52. The van der Waals surface area contributed by atoms with Crippen molar-refractivity contribution in [3.05, 3.63) is 40.6 Å². The fourth-order valence-corrected chi connectivity index (χ4v) is 1.47. The third-order valence-electron chi connectivity index (χ3n) is 2.10. The average Bonchev–Trinajstić information content (AvgIpc) is 2.28. The predicted molar refractivity (Wildman–Crippen MR) is 57.1 cm³/mol. The number of pyridine rings is 1. The van der Waals surface area contributed by atoms with Gasteiger partial charge in [0.2, 0.25) is 0 Å². The number of non-ortho nitro benzene ring substituents is 1. The fraction of sp³-hybridized carbons (Fsp3) is 0. The van der Waals surface area contributed by atoms with Gasteiger partial charge >= 0.3 is 6.16 Å². The van der Waals surface area contributed by atoms with Crippen LogP contribution in [0.5, 0.6) is 5.75 Å². The fourth-order valence-electron chi connectivity index (χ4n) is 1.47. The minimum Gasteiger partial charge on any atom is -0.449 e. The van der Waals surface area contributed by atoms with Gasteiger partial charge in [-0.15, -0.1) is 0 Å². The molecule has 17 heavy (non-hydrogen) atoms. The minimum atomic E-state index is -1.49. The van der Waals surface area contributed by atoms with Crippen LogP contribution in [0.2, 0.25) is 0 Å². The van der Waals surface area contributed by atoms with Crippen LogP contribution < -0.4 is 4.74 Å². The van der Waals surface area contributed by atoms with Gasteiger partial charge in [-0.25, -0.2) is 4.79 Å². The largest absolute Gasteiger partial charge is 0.511 e. The molecule has 0 amide bonds. The monoisotopic (exact) mass is 234 g/mol. The number of hydrogen-bond donors (Lipinski definition) is 1. The van der Waals surface area contributed by atoms with Crippen LogP contribution in [-0.4, -0.2) is 21.2 Å². The van der Waals surface area contributed by atoms with E-state index in [1.807, 2.05) is 0 Å². The highest BCUT2D eigenvalue weighted by Crippen LogP contribution is 2.31. The highest BCUT2D eigenvalue weighted by Gasteiger charge is 2.16. The highest BCUT2D eigenvalue weighted by molar-refractivity contribution is 5.93. The molecule has 0 atom stereocenters. The molecule has 1 aromatic heterocycles. The number of benzene rings is 1. The number of carbonyl (C=O) groups is 1. The van der Waals surface area contributed by atoms with Crippen molar-refractivity contribution in [2.75, 3.05) is 0 Å². The molecule has 1 aromatic carbocycles. The van der Waals surface area contributed by atoms with Gasteiger partial charge in [-0.3, -0.25) is 15.1 Å². The first-order valence-corrected chi connectivity index (χ1v) is 4.52. The Morgan fingerprint density at radius 3 is 2.82 bits per heavy atom. The average molecular weight is 234 g/mol. The molecule has 0 bridgehead atoms. The first-order chi connectivity index (χ1) is 8.09. The van der Waals surface area contributed by atoms with E-state index in [9.17, 15) is 14.9 Å². The van der Waals surface area contributed by atoms with Gasteiger partial charge in [0.1, 0.15) is 5.52 Å². The zero-order valence-corrected chi connectivity index (χ0v) is 8.36. The molecule has 7 heteroatoms. The summed E-state index contributed by atoms with van der Waals surface area (Å²) in [5.74, 6) is -0.0290. The van der Waals surface area contributed by atoms with E-state index in [0.29, 0.717) is 0 Å². The molecule has 2 aromatic rings. The molecule has 0 aliphatic carbocycles. The maximum atomic E-state index is 10.8. The van der Waals surface area contributed by atoms with Crippen molar-refractivity contribution in [2.24, 2.45) is 0 Å². The summed E-state index contributed by atoms with van der Waals surface area (Å²) in [6, 6.07) is 5.40. The Morgan fingerprint density at radius 1 is 1.41 bits per heavy atom. The van der Waals surface area contributed by atoms with Crippen molar-refractivity contribution >= 4 is 22.7 Å². The molecule has 0 saturated heterocycles. The number of nitro benzene ring substituents is 1. The highest BCUT2D eigenvalue weighted by atomic mass is 16.7. The smallest absolute Gasteiger partial charge is 0.449 e. The van der Waals surface area contributed by atoms with Crippen molar-refractivity contribution < 1.29 is 19.6 Å². The second kappa shape index (κ2) is 4.05. The summed E-state index contributed by atoms with van der Waals surface area (Å²) in [6.45, 7) is 0. The standard InChI is InChI=1S/C10H6N2O5/c13-10(14)17-8-4-3-7(12(15)16)6-2-1-5-11-9(6)8/h1-5H,(H,13,14). The summed E-state index contributed by atoms with van der Waals surface area (Å²) in [6.07, 6.45) is -0.0911. The summed E-state index contributed by atoms with van der Waals surface area (Å²) in [5, 5.41) is 19.5. The maximum absolute atomic E-state index is 10.8. The van der Waals surface area contributed by atoms with Crippen molar-refractivity contribution in [3.8, 4) is 5.75 Å². The Bertz CT molecular complexity index is 611. The summed E-state index contributed by atoms with van der Waals surface area (Å²) >= 11 is 0. The number of fused-ring (bicyclic) bond motifs is 1. The molecule has 0 saturated carbocycles. The Kier molecular flexibility index (Phi) is 2.57. The normalized spacial score (nSPS) is 10.1. The van der Waals surface area contributed by atoms with Crippen LogP contribution in [0.1, 0.15) is 0 Å². The predicted octanol–water partition coefficient (Wildman–Crippen LogP) is 2.20. The van der Waals surface area contributed by atoms with Crippen LogP contribution in [0.4, 0.5) is 10.5 Å². The van der Waals surface area contributed by atoms with Crippen LogP contribution in [0.15, 0.2) is 30.5 Å². The van der Waals surface area contributed by atoms with Gasteiger partial charge in [0.15, 0.2) is 5.75 Å². The topological polar surface area (TPSA) is 103 Å². The molecule has 0 unspecified atom stereocenters. The third kappa shape index (κ3) is 1.98. The van der Waals surface area contributed by atoms with Gasteiger partial charge in [-0.05, 0) is 18.2 Å². The summed E-state index contributed by atoms with van der Waals surface area (Å²) in [7, 11) is 0. The maximum Gasteiger partial charge on any atom is 0.511 e.